The zero-order chi connectivity index (χ0) is 13.0. The predicted octanol–water partition coefficient (Wildman–Crippen LogP) is 2.59. The molecule has 0 aromatic rings. The molecule has 1 aliphatic carbocycles. The average Bonchev–Trinajstić information content (AvgIpc) is 2.70. The van der Waals surface area contributed by atoms with Crippen LogP contribution in [0.5, 0.6) is 0 Å². The molecule has 1 saturated heterocycles. The summed E-state index contributed by atoms with van der Waals surface area (Å²) in [5.74, 6) is -0.534. The summed E-state index contributed by atoms with van der Waals surface area (Å²) in [4.78, 5) is 10.7. The predicted molar refractivity (Wildman–Crippen MR) is 67.1 cm³/mol. The van der Waals surface area contributed by atoms with Crippen LogP contribution < -0.4 is 0 Å². The van der Waals surface area contributed by atoms with E-state index < -0.39 is 5.97 Å². The van der Waals surface area contributed by atoms with E-state index in [-0.39, 0.29) is 24.0 Å². The van der Waals surface area contributed by atoms with Gasteiger partial charge < -0.3 is 14.6 Å². The normalized spacial score (nSPS) is 32.8. The van der Waals surface area contributed by atoms with Crippen LogP contribution in [-0.4, -0.2) is 30.6 Å². The second-order valence-electron chi connectivity index (χ2n) is 5.64. The van der Waals surface area contributed by atoms with Gasteiger partial charge in [-0.25, -0.2) is 0 Å². The van der Waals surface area contributed by atoms with Crippen LogP contribution in [0.2, 0.25) is 0 Å². The van der Waals surface area contributed by atoms with Crippen LogP contribution in [0.15, 0.2) is 12.2 Å². The van der Waals surface area contributed by atoms with E-state index in [4.69, 9.17) is 14.6 Å². The summed E-state index contributed by atoms with van der Waals surface area (Å²) in [5.41, 5.74) is 0.101. The highest BCUT2D eigenvalue weighted by Crippen LogP contribution is 2.41. The first-order valence-corrected chi connectivity index (χ1v) is 6.72. The number of carboxylic acids is 1. The van der Waals surface area contributed by atoms with Gasteiger partial charge in [0.2, 0.25) is 0 Å². The summed E-state index contributed by atoms with van der Waals surface area (Å²) in [5, 5.41) is 8.80. The van der Waals surface area contributed by atoms with Gasteiger partial charge in [-0.15, -0.1) is 0 Å². The first-order valence-electron chi connectivity index (χ1n) is 6.72. The van der Waals surface area contributed by atoms with Crippen molar-refractivity contribution in [1.29, 1.82) is 0 Å². The molecule has 0 spiro atoms. The fourth-order valence-corrected chi connectivity index (χ4v) is 2.80. The zero-order valence-corrected chi connectivity index (χ0v) is 10.9. The van der Waals surface area contributed by atoms with Crippen molar-refractivity contribution >= 4 is 5.97 Å². The molecule has 0 amide bonds. The Kier molecular flexibility index (Phi) is 4.40. The van der Waals surface area contributed by atoms with E-state index in [9.17, 15) is 4.79 Å². The maximum Gasteiger partial charge on any atom is 0.303 e. The number of ether oxygens (including phenoxy) is 2. The molecule has 2 aliphatic rings. The number of rotatable bonds is 5. The summed E-state index contributed by atoms with van der Waals surface area (Å²) < 4.78 is 11.1. The lowest BCUT2D eigenvalue weighted by Gasteiger charge is -2.28. The third-order valence-corrected chi connectivity index (χ3v) is 3.78. The third-order valence-electron chi connectivity index (χ3n) is 3.78. The highest BCUT2D eigenvalue weighted by Gasteiger charge is 2.32. The van der Waals surface area contributed by atoms with Crippen molar-refractivity contribution in [3.05, 3.63) is 12.2 Å². The first-order chi connectivity index (χ1) is 8.57. The maximum atomic E-state index is 10.7. The van der Waals surface area contributed by atoms with Crippen LogP contribution in [-0.2, 0) is 14.3 Å². The van der Waals surface area contributed by atoms with E-state index in [1.54, 1.807) is 0 Å². The molecule has 1 aliphatic heterocycles. The Morgan fingerprint density at radius 2 is 2.17 bits per heavy atom. The number of hydrogen-bond donors (Lipinski definition) is 1. The third kappa shape index (κ3) is 3.82. The Bertz CT molecular complexity index is 320. The number of hydrogen-bond acceptors (Lipinski definition) is 3. The lowest BCUT2D eigenvalue weighted by Crippen LogP contribution is -2.26. The topological polar surface area (TPSA) is 55.8 Å². The molecular formula is C14H22O4. The van der Waals surface area contributed by atoms with Gasteiger partial charge in [0.15, 0.2) is 6.29 Å². The van der Waals surface area contributed by atoms with Crippen molar-refractivity contribution in [2.75, 3.05) is 13.2 Å². The SMILES string of the molecule is C[C@]1(CCC2OCCCO2)C=C[C@H](CC(=O)O)C1. The number of allylic oxidation sites excluding steroid dienone is 2. The van der Waals surface area contributed by atoms with E-state index >= 15 is 0 Å². The molecule has 0 saturated carbocycles. The van der Waals surface area contributed by atoms with Gasteiger partial charge in [0.1, 0.15) is 0 Å². The molecule has 4 nitrogen and oxygen atoms in total. The van der Waals surface area contributed by atoms with E-state index in [0.717, 1.165) is 38.9 Å². The summed E-state index contributed by atoms with van der Waals surface area (Å²) in [6.45, 7) is 3.77. The van der Waals surface area contributed by atoms with Gasteiger partial charge in [-0.2, -0.15) is 0 Å². The molecule has 2 atom stereocenters. The Morgan fingerprint density at radius 3 is 2.83 bits per heavy atom. The van der Waals surface area contributed by atoms with Crippen LogP contribution in [0.4, 0.5) is 0 Å². The summed E-state index contributed by atoms with van der Waals surface area (Å²) in [6, 6.07) is 0. The zero-order valence-electron chi connectivity index (χ0n) is 10.9. The molecule has 0 radical (unpaired) electrons. The van der Waals surface area contributed by atoms with Gasteiger partial charge in [0.25, 0.3) is 0 Å². The first kappa shape index (κ1) is 13.6. The summed E-state index contributed by atoms with van der Waals surface area (Å²) in [7, 11) is 0. The quantitative estimate of drug-likeness (QED) is 0.766. The molecule has 4 heteroatoms. The minimum absolute atomic E-state index is 0.0671. The fraction of sp³-hybridized carbons (Fsp3) is 0.786. The smallest absolute Gasteiger partial charge is 0.303 e. The summed E-state index contributed by atoms with van der Waals surface area (Å²) >= 11 is 0. The van der Waals surface area contributed by atoms with Gasteiger partial charge in [-0.05, 0) is 37.0 Å². The number of aliphatic carboxylic acids is 1. The van der Waals surface area contributed by atoms with Gasteiger partial charge >= 0.3 is 5.97 Å². The van der Waals surface area contributed by atoms with E-state index in [1.807, 2.05) is 0 Å². The van der Waals surface area contributed by atoms with Crippen molar-refractivity contribution in [2.24, 2.45) is 11.3 Å². The van der Waals surface area contributed by atoms with Crippen LogP contribution in [0.3, 0.4) is 0 Å². The molecule has 0 aromatic carbocycles. The van der Waals surface area contributed by atoms with Crippen molar-refractivity contribution in [3.8, 4) is 0 Å². The van der Waals surface area contributed by atoms with Crippen LogP contribution in [0.1, 0.15) is 39.0 Å². The minimum atomic E-state index is -0.715. The Balaban J connectivity index is 1.75. The maximum absolute atomic E-state index is 10.7. The van der Waals surface area contributed by atoms with Gasteiger partial charge in [-0.1, -0.05) is 19.1 Å². The molecule has 18 heavy (non-hydrogen) atoms. The van der Waals surface area contributed by atoms with Crippen molar-refractivity contribution in [3.63, 3.8) is 0 Å². The molecule has 1 N–H and O–H groups in total. The highest BCUT2D eigenvalue weighted by atomic mass is 16.7. The van der Waals surface area contributed by atoms with Gasteiger partial charge in [0.05, 0.1) is 19.6 Å². The standard InChI is InChI=1S/C14H22O4/c1-14(5-3-11(10-14)9-12(15)16)6-4-13-17-7-2-8-18-13/h3,5,11,13H,2,4,6-10H2,1H3,(H,15,16)/t11-,14-/m1/s1. The lowest BCUT2D eigenvalue weighted by atomic mass is 9.82. The van der Waals surface area contributed by atoms with Gasteiger partial charge in [0, 0.05) is 0 Å². The largest absolute Gasteiger partial charge is 0.481 e. The number of carbonyl (C=O) groups is 1. The monoisotopic (exact) mass is 254 g/mol. The van der Waals surface area contributed by atoms with Crippen molar-refractivity contribution in [1.82, 2.24) is 0 Å². The summed E-state index contributed by atoms with van der Waals surface area (Å²) in [6.07, 6.45) is 8.18. The molecule has 102 valence electrons. The Morgan fingerprint density at radius 1 is 1.44 bits per heavy atom. The molecule has 2 rings (SSSR count). The average molecular weight is 254 g/mol. The van der Waals surface area contributed by atoms with Crippen molar-refractivity contribution < 1.29 is 19.4 Å². The molecule has 1 fully saturated rings. The van der Waals surface area contributed by atoms with Crippen LogP contribution in [0.25, 0.3) is 0 Å². The van der Waals surface area contributed by atoms with Crippen LogP contribution >= 0.6 is 0 Å². The van der Waals surface area contributed by atoms with E-state index in [1.165, 1.54) is 0 Å². The molecule has 0 bridgehead atoms. The minimum Gasteiger partial charge on any atom is -0.481 e. The van der Waals surface area contributed by atoms with Crippen LogP contribution in [0, 0.1) is 11.3 Å². The Hall–Kier alpha value is -0.870. The number of carboxylic acid groups (broad SMARTS) is 1. The second-order valence-corrected chi connectivity index (χ2v) is 5.64. The molecule has 0 aromatic heterocycles. The molecule has 0 unspecified atom stereocenters. The lowest BCUT2D eigenvalue weighted by molar-refractivity contribution is -0.183. The van der Waals surface area contributed by atoms with E-state index in [0.29, 0.717) is 0 Å². The van der Waals surface area contributed by atoms with E-state index in [2.05, 4.69) is 19.1 Å². The fourth-order valence-electron chi connectivity index (χ4n) is 2.80. The highest BCUT2D eigenvalue weighted by molar-refractivity contribution is 5.67. The second kappa shape index (κ2) is 5.85. The van der Waals surface area contributed by atoms with Crippen molar-refractivity contribution in [2.45, 2.75) is 45.3 Å². The molecule has 1 heterocycles. The van der Waals surface area contributed by atoms with Gasteiger partial charge in [-0.3, -0.25) is 4.79 Å². The molecular weight excluding hydrogens is 232 g/mol. The Labute approximate surface area is 108 Å².